The summed E-state index contributed by atoms with van der Waals surface area (Å²) in [6, 6.07) is 17.6. The van der Waals surface area contributed by atoms with Crippen LogP contribution in [-0.2, 0) is 9.59 Å². The molecule has 2 aliphatic rings. The van der Waals surface area contributed by atoms with Gasteiger partial charge in [0, 0.05) is 24.7 Å². The Morgan fingerprint density at radius 3 is 1.67 bits per heavy atom. The van der Waals surface area contributed by atoms with E-state index in [4.69, 9.17) is 4.74 Å². The van der Waals surface area contributed by atoms with Crippen molar-refractivity contribution in [3.05, 3.63) is 65.7 Å². The molecular formula is C23H26N4O3. The predicted octanol–water partition coefficient (Wildman–Crippen LogP) is 3.10. The molecule has 7 nitrogen and oxygen atoms in total. The smallest absolute Gasteiger partial charge is 0.243 e. The molecule has 2 unspecified atom stereocenters. The second-order valence-electron chi connectivity index (χ2n) is 7.37. The van der Waals surface area contributed by atoms with Crippen molar-refractivity contribution in [3.63, 3.8) is 0 Å². The highest BCUT2D eigenvalue weighted by molar-refractivity contribution is 6.05. The number of hydrogen-bond acceptors (Lipinski definition) is 5. The van der Waals surface area contributed by atoms with Gasteiger partial charge in [0.05, 0.1) is 18.5 Å². The summed E-state index contributed by atoms with van der Waals surface area (Å²) in [5, 5.41) is 8.11. The van der Waals surface area contributed by atoms with Crippen molar-refractivity contribution in [2.24, 2.45) is 22.0 Å². The molecule has 2 atom stereocenters. The number of nitrogens with zero attached hydrogens (tertiary/aromatic N) is 2. The number of hydrazone groups is 2. The van der Waals surface area contributed by atoms with Crippen LogP contribution in [0.1, 0.15) is 37.8 Å². The van der Waals surface area contributed by atoms with E-state index in [0.717, 1.165) is 34.7 Å². The van der Waals surface area contributed by atoms with Gasteiger partial charge in [0.25, 0.3) is 0 Å². The number of carbonyl (C=O) groups excluding carboxylic acids is 2. The average molecular weight is 406 g/mol. The van der Waals surface area contributed by atoms with Crippen LogP contribution in [0, 0.1) is 11.8 Å². The second kappa shape index (κ2) is 9.82. The minimum atomic E-state index is -0.0189. The highest BCUT2D eigenvalue weighted by Crippen LogP contribution is 2.18. The highest BCUT2D eigenvalue weighted by Gasteiger charge is 2.21. The zero-order chi connectivity index (χ0) is 21.5. The minimum Gasteiger partial charge on any atom is -0.497 e. The van der Waals surface area contributed by atoms with Crippen LogP contribution >= 0.6 is 0 Å². The molecule has 0 fully saturated rings. The summed E-state index contributed by atoms with van der Waals surface area (Å²) in [5.74, 6) is 0.802. The third kappa shape index (κ3) is 5.31. The van der Waals surface area contributed by atoms with Gasteiger partial charge in [-0.15, -0.1) is 0 Å². The number of benzene rings is 2. The van der Waals surface area contributed by atoms with Gasteiger partial charge in [0.1, 0.15) is 5.75 Å². The molecule has 0 aliphatic carbocycles. The molecule has 0 spiro atoms. The van der Waals surface area contributed by atoms with Crippen molar-refractivity contribution in [1.82, 2.24) is 10.9 Å². The molecule has 0 radical (unpaired) electrons. The third-order valence-electron chi connectivity index (χ3n) is 5.03. The Morgan fingerprint density at radius 1 is 0.767 bits per heavy atom. The Labute approximate surface area is 176 Å². The SMILES string of the molecule is CC1CC(c2ccccc2)=NNC1=O.COc1ccc(C2=NNC(=O)C(C)C2)cc1. The number of ether oxygens (including phenoxy) is 1. The van der Waals surface area contributed by atoms with Gasteiger partial charge in [0.15, 0.2) is 0 Å². The first kappa shape index (κ1) is 21.2. The molecule has 0 saturated heterocycles. The largest absolute Gasteiger partial charge is 0.497 e. The minimum absolute atomic E-state index is 0.00433. The summed E-state index contributed by atoms with van der Waals surface area (Å²) >= 11 is 0. The van der Waals surface area contributed by atoms with Crippen LogP contribution in [-0.4, -0.2) is 30.3 Å². The van der Waals surface area contributed by atoms with Gasteiger partial charge in [-0.05, 0) is 35.4 Å². The predicted molar refractivity (Wildman–Crippen MR) is 116 cm³/mol. The summed E-state index contributed by atoms with van der Waals surface area (Å²) in [4.78, 5) is 22.4. The summed E-state index contributed by atoms with van der Waals surface area (Å²) in [6.07, 6.45) is 1.40. The van der Waals surface area contributed by atoms with Gasteiger partial charge >= 0.3 is 0 Å². The molecule has 0 saturated carbocycles. The fraction of sp³-hybridized carbons (Fsp3) is 0.304. The van der Waals surface area contributed by atoms with Gasteiger partial charge < -0.3 is 4.74 Å². The summed E-state index contributed by atoms with van der Waals surface area (Å²) in [7, 11) is 1.63. The fourth-order valence-electron chi connectivity index (χ4n) is 3.10. The van der Waals surface area contributed by atoms with E-state index in [-0.39, 0.29) is 23.7 Å². The van der Waals surface area contributed by atoms with Crippen LogP contribution in [0.2, 0.25) is 0 Å². The summed E-state index contributed by atoms with van der Waals surface area (Å²) in [6.45, 7) is 3.81. The molecule has 0 aromatic heterocycles. The molecule has 2 N–H and O–H groups in total. The monoisotopic (exact) mass is 406 g/mol. The quantitative estimate of drug-likeness (QED) is 0.820. The topological polar surface area (TPSA) is 92.2 Å². The fourth-order valence-corrected chi connectivity index (χ4v) is 3.10. The highest BCUT2D eigenvalue weighted by atomic mass is 16.5. The molecule has 30 heavy (non-hydrogen) atoms. The Balaban J connectivity index is 0.000000172. The van der Waals surface area contributed by atoms with E-state index >= 15 is 0 Å². The Morgan fingerprint density at radius 2 is 1.23 bits per heavy atom. The number of carbonyl (C=O) groups is 2. The molecule has 2 aliphatic heterocycles. The van der Waals surface area contributed by atoms with Crippen LogP contribution in [0.3, 0.4) is 0 Å². The number of methoxy groups -OCH3 is 1. The maximum atomic E-state index is 11.2. The third-order valence-corrected chi connectivity index (χ3v) is 5.03. The number of nitrogens with one attached hydrogen (secondary N) is 2. The standard InChI is InChI=1S/C12H14N2O2.C11H12N2O/c1-8-7-11(13-14-12(8)15)9-3-5-10(16-2)6-4-9;1-8-7-10(12-13-11(8)14)9-5-3-2-4-6-9/h3-6,8H,7H2,1-2H3,(H,14,15);2-6,8H,7H2,1H3,(H,13,14). The molecule has 2 amide bonds. The molecule has 4 rings (SSSR count). The lowest BCUT2D eigenvalue weighted by Crippen LogP contribution is -2.33. The van der Waals surface area contributed by atoms with Crippen LogP contribution in [0.4, 0.5) is 0 Å². The lowest BCUT2D eigenvalue weighted by Gasteiger charge is -2.17. The van der Waals surface area contributed by atoms with Gasteiger partial charge in [0.2, 0.25) is 11.8 Å². The first-order valence-corrected chi connectivity index (χ1v) is 9.90. The van der Waals surface area contributed by atoms with E-state index in [1.807, 2.05) is 68.4 Å². The maximum Gasteiger partial charge on any atom is 0.243 e. The lowest BCUT2D eigenvalue weighted by molar-refractivity contribution is -0.125. The van der Waals surface area contributed by atoms with Crippen LogP contribution in [0.15, 0.2) is 64.8 Å². The van der Waals surface area contributed by atoms with Crippen LogP contribution < -0.4 is 15.6 Å². The lowest BCUT2D eigenvalue weighted by atomic mass is 9.97. The van der Waals surface area contributed by atoms with E-state index < -0.39 is 0 Å². The van der Waals surface area contributed by atoms with E-state index in [2.05, 4.69) is 21.1 Å². The Bertz CT molecular complexity index is 952. The second-order valence-corrected chi connectivity index (χ2v) is 7.37. The van der Waals surface area contributed by atoms with Crippen molar-refractivity contribution in [1.29, 1.82) is 0 Å². The summed E-state index contributed by atoms with van der Waals surface area (Å²) in [5.41, 5.74) is 9.03. The van der Waals surface area contributed by atoms with E-state index in [9.17, 15) is 9.59 Å². The number of rotatable bonds is 3. The van der Waals surface area contributed by atoms with Crippen molar-refractivity contribution in [3.8, 4) is 5.75 Å². The van der Waals surface area contributed by atoms with Crippen LogP contribution in [0.5, 0.6) is 5.75 Å². The van der Waals surface area contributed by atoms with Crippen LogP contribution in [0.25, 0.3) is 0 Å². The van der Waals surface area contributed by atoms with Crippen molar-refractivity contribution >= 4 is 23.2 Å². The molecule has 2 aromatic carbocycles. The zero-order valence-electron chi connectivity index (χ0n) is 17.4. The first-order valence-electron chi connectivity index (χ1n) is 9.90. The van der Waals surface area contributed by atoms with Gasteiger partial charge in [-0.2, -0.15) is 10.2 Å². The first-order chi connectivity index (χ1) is 14.5. The zero-order valence-corrected chi connectivity index (χ0v) is 17.4. The summed E-state index contributed by atoms with van der Waals surface area (Å²) < 4.78 is 5.09. The van der Waals surface area contributed by atoms with Gasteiger partial charge in [-0.1, -0.05) is 44.2 Å². The molecule has 2 heterocycles. The van der Waals surface area contributed by atoms with Crippen molar-refractivity contribution in [2.75, 3.05) is 7.11 Å². The molecule has 2 aromatic rings. The van der Waals surface area contributed by atoms with Gasteiger partial charge in [-0.25, -0.2) is 10.9 Å². The maximum absolute atomic E-state index is 11.2. The normalized spacial score (nSPS) is 20.6. The van der Waals surface area contributed by atoms with E-state index in [1.54, 1.807) is 7.11 Å². The Hall–Kier alpha value is -3.48. The molecule has 7 heteroatoms. The van der Waals surface area contributed by atoms with E-state index in [1.165, 1.54) is 0 Å². The molecule has 156 valence electrons. The van der Waals surface area contributed by atoms with Gasteiger partial charge in [-0.3, -0.25) is 9.59 Å². The molecule has 0 bridgehead atoms. The average Bonchev–Trinajstić information content (AvgIpc) is 2.79. The van der Waals surface area contributed by atoms with E-state index in [0.29, 0.717) is 6.42 Å². The Kier molecular flexibility index (Phi) is 6.95. The van der Waals surface area contributed by atoms with Crippen molar-refractivity contribution in [2.45, 2.75) is 26.7 Å². The number of amides is 2. The number of hydrogen-bond donors (Lipinski definition) is 2. The van der Waals surface area contributed by atoms with Crippen molar-refractivity contribution < 1.29 is 14.3 Å². The molecular weight excluding hydrogens is 380 g/mol.